The maximum atomic E-state index is 2.59. The number of pyridine rings is 1. The van der Waals surface area contributed by atoms with Gasteiger partial charge in [0.15, 0.2) is 5.69 Å². The van der Waals surface area contributed by atoms with Crippen molar-refractivity contribution in [1.29, 1.82) is 0 Å². The fraction of sp³-hybridized carbons (Fsp3) is 0.516. The fourth-order valence-electron chi connectivity index (χ4n) is 7.33. The molecule has 3 aliphatic carbocycles. The van der Waals surface area contributed by atoms with E-state index in [4.69, 9.17) is 0 Å². The molecule has 0 atom stereocenters. The average Bonchev–Trinajstić information content (AvgIpc) is 2.80. The minimum atomic E-state index is -0.916. The van der Waals surface area contributed by atoms with Crippen LogP contribution in [0.3, 0.4) is 0 Å². The number of hydrogen-bond acceptors (Lipinski definition) is 0. The highest BCUT2D eigenvalue weighted by molar-refractivity contribution is 6.77. The normalized spacial score (nSPS) is 24.3. The van der Waals surface area contributed by atoms with Crippen LogP contribution in [0.15, 0.2) is 36.4 Å². The third-order valence-electron chi connectivity index (χ3n) is 9.66. The van der Waals surface area contributed by atoms with Crippen molar-refractivity contribution in [2.75, 3.05) is 0 Å². The highest BCUT2D eigenvalue weighted by Crippen LogP contribution is 2.51. The Balaban J connectivity index is 1.47. The van der Waals surface area contributed by atoms with Gasteiger partial charge in [-0.05, 0) is 103 Å². The van der Waals surface area contributed by atoms with Gasteiger partial charge < -0.3 is 0 Å². The van der Waals surface area contributed by atoms with E-state index in [1.165, 1.54) is 83.9 Å². The number of benzene rings is 2. The van der Waals surface area contributed by atoms with E-state index in [1.54, 1.807) is 16.7 Å². The Bertz CT molecular complexity index is 1240. The van der Waals surface area contributed by atoms with E-state index in [2.05, 4.69) is 75.0 Å². The summed E-state index contributed by atoms with van der Waals surface area (Å²) in [5.74, 6) is 2.36. The van der Waals surface area contributed by atoms with Gasteiger partial charge >= 0.3 is 0 Å². The summed E-state index contributed by atoms with van der Waals surface area (Å²) >= 11 is 0. The van der Waals surface area contributed by atoms with Crippen LogP contribution < -0.4 is 4.57 Å². The third-order valence-corrected chi connectivity index (χ3v) is 12.9. The molecule has 1 saturated heterocycles. The Morgan fingerprint density at radius 3 is 2.06 bits per heavy atom. The smallest absolute Gasteiger partial charge is 0.198 e. The molecule has 3 aromatic rings. The van der Waals surface area contributed by atoms with Crippen molar-refractivity contribution in [1.82, 2.24) is 0 Å². The monoisotopic (exact) mass is 454 g/mol. The SMILES string of the molecule is Cc1cc2c(cc1-c1c3ccc(C4CC[Si](C)(C)CC4)cc3cc(C)[n+]1C)C1CCC2CC1. The molecule has 1 aromatic heterocycles. The lowest BCUT2D eigenvalue weighted by atomic mass is 9.66. The summed E-state index contributed by atoms with van der Waals surface area (Å²) in [6, 6.07) is 18.0. The van der Waals surface area contributed by atoms with Crippen molar-refractivity contribution in [3.8, 4) is 11.3 Å². The Morgan fingerprint density at radius 2 is 1.39 bits per heavy atom. The molecule has 7 rings (SSSR count). The van der Waals surface area contributed by atoms with E-state index < -0.39 is 8.07 Å². The third kappa shape index (κ3) is 3.60. The maximum absolute atomic E-state index is 2.59. The summed E-state index contributed by atoms with van der Waals surface area (Å²) in [7, 11) is 1.34. The first-order valence-electron chi connectivity index (χ1n) is 13.4. The van der Waals surface area contributed by atoms with E-state index in [0.29, 0.717) is 0 Å². The molecule has 2 fully saturated rings. The molecule has 2 heterocycles. The fourth-order valence-corrected chi connectivity index (χ4v) is 9.84. The Morgan fingerprint density at radius 1 is 0.758 bits per heavy atom. The van der Waals surface area contributed by atoms with Gasteiger partial charge in [-0.2, -0.15) is 4.57 Å². The molecule has 0 N–H and O–H groups in total. The van der Waals surface area contributed by atoms with Crippen molar-refractivity contribution in [3.05, 3.63) is 64.3 Å². The zero-order chi connectivity index (χ0) is 22.9. The standard InChI is InChI=1S/C31H40NSi/c1-20-16-29-23-6-8-24(9-7-23)30(29)19-28(20)31-27-11-10-25(18-26(27)17-21(2)32(31)3)22-12-14-33(4,5)15-13-22/h10-11,16-19,22-24H,6-9,12-15H2,1-5H3/q+1. The van der Waals surface area contributed by atoms with Gasteiger partial charge in [0.05, 0.1) is 10.9 Å². The molecule has 2 aromatic carbocycles. The summed E-state index contributed by atoms with van der Waals surface area (Å²) in [5.41, 5.74) is 10.6. The summed E-state index contributed by atoms with van der Waals surface area (Å²) in [6.07, 6.45) is 8.38. The predicted molar refractivity (Wildman–Crippen MR) is 143 cm³/mol. The Kier molecular flexibility index (Phi) is 5.10. The van der Waals surface area contributed by atoms with Gasteiger partial charge in [0.1, 0.15) is 7.05 Å². The van der Waals surface area contributed by atoms with Gasteiger partial charge in [-0.1, -0.05) is 43.4 Å². The highest BCUT2D eigenvalue weighted by atomic mass is 28.3. The molecule has 33 heavy (non-hydrogen) atoms. The quantitative estimate of drug-likeness (QED) is 0.271. The van der Waals surface area contributed by atoms with Crippen LogP contribution in [0.2, 0.25) is 25.2 Å². The number of aryl methyl sites for hydroxylation is 2. The van der Waals surface area contributed by atoms with Gasteiger partial charge in [-0.15, -0.1) is 0 Å². The molecule has 4 aliphatic rings. The second-order valence-electron chi connectivity index (χ2n) is 12.3. The topological polar surface area (TPSA) is 3.88 Å². The molecule has 172 valence electrons. The first kappa shape index (κ1) is 21.6. The van der Waals surface area contributed by atoms with Crippen molar-refractivity contribution >= 4 is 18.8 Å². The predicted octanol–water partition coefficient (Wildman–Crippen LogP) is 8.29. The molecule has 1 saturated carbocycles. The minimum Gasteiger partial charge on any atom is -0.198 e. The van der Waals surface area contributed by atoms with Crippen molar-refractivity contribution in [2.45, 2.75) is 95.3 Å². The van der Waals surface area contributed by atoms with E-state index in [1.807, 2.05) is 0 Å². The number of aromatic nitrogens is 1. The lowest BCUT2D eigenvalue weighted by Crippen LogP contribution is -2.35. The largest absolute Gasteiger partial charge is 0.220 e. The molecule has 2 heteroatoms. The average molecular weight is 455 g/mol. The van der Waals surface area contributed by atoms with Crippen molar-refractivity contribution in [3.63, 3.8) is 0 Å². The Labute approximate surface area is 201 Å². The van der Waals surface area contributed by atoms with Crippen LogP contribution in [0.5, 0.6) is 0 Å². The van der Waals surface area contributed by atoms with Crippen LogP contribution in [-0.2, 0) is 7.05 Å². The molecular weight excluding hydrogens is 414 g/mol. The van der Waals surface area contributed by atoms with E-state index in [-0.39, 0.29) is 0 Å². The minimum absolute atomic E-state index is 0.758. The van der Waals surface area contributed by atoms with Crippen LogP contribution in [0.4, 0.5) is 0 Å². The van der Waals surface area contributed by atoms with Crippen LogP contribution in [-0.4, -0.2) is 8.07 Å². The molecule has 0 unspecified atom stereocenters. The molecule has 0 spiro atoms. The molecule has 1 nitrogen and oxygen atoms in total. The molecule has 0 radical (unpaired) electrons. The second kappa shape index (κ2) is 7.80. The first-order valence-corrected chi connectivity index (χ1v) is 16.8. The summed E-state index contributed by atoms with van der Waals surface area (Å²) < 4.78 is 2.44. The van der Waals surface area contributed by atoms with E-state index in [9.17, 15) is 0 Å². The van der Waals surface area contributed by atoms with E-state index >= 15 is 0 Å². The number of rotatable bonds is 2. The lowest BCUT2D eigenvalue weighted by Gasteiger charge is -2.38. The maximum Gasteiger partial charge on any atom is 0.220 e. The zero-order valence-corrected chi connectivity index (χ0v) is 22.3. The van der Waals surface area contributed by atoms with Crippen LogP contribution in [0, 0.1) is 13.8 Å². The second-order valence-corrected chi connectivity index (χ2v) is 17.7. The zero-order valence-electron chi connectivity index (χ0n) is 21.3. The van der Waals surface area contributed by atoms with Gasteiger partial charge in [0, 0.05) is 21.1 Å². The molecular formula is C31H40NSi+. The van der Waals surface area contributed by atoms with Crippen LogP contribution >= 0.6 is 0 Å². The van der Waals surface area contributed by atoms with E-state index in [0.717, 1.165) is 17.8 Å². The van der Waals surface area contributed by atoms with Gasteiger partial charge in [0.2, 0.25) is 5.69 Å². The molecule has 0 amide bonds. The van der Waals surface area contributed by atoms with Crippen LogP contribution in [0.25, 0.3) is 22.0 Å². The van der Waals surface area contributed by atoms with Crippen molar-refractivity contribution < 1.29 is 4.57 Å². The summed E-state index contributed by atoms with van der Waals surface area (Å²) in [5, 5.41) is 2.85. The van der Waals surface area contributed by atoms with Gasteiger partial charge in [0.25, 0.3) is 0 Å². The van der Waals surface area contributed by atoms with Gasteiger partial charge in [-0.25, -0.2) is 0 Å². The summed E-state index contributed by atoms with van der Waals surface area (Å²) in [6.45, 7) is 9.77. The number of nitrogens with zero attached hydrogens (tertiary/aromatic N) is 1. The number of hydrogen-bond donors (Lipinski definition) is 0. The van der Waals surface area contributed by atoms with Crippen LogP contribution in [0.1, 0.15) is 84.2 Å². The highest BCUT2D eigenvalue weighted by Gasteiger charge is 2.34. The van der Waals surface area contributed by atoms with Crippen molar-refractivity contribution in [2.24, 2.45) is 7.05 Å². The number of fused-ring (bicyclic) bond motifs is 3. The van der Waals surface area contributed by atoms with Gasteiger partial charge in [-0.3, -0.25) is 0 Å². The lowest BCUT2D eigenvalue weighted by molar-refractivity contribution is -0.665. The molecule has 1 aliphatic heterocycles. The Hall–Kier alpha value is -1.93. The molecule has 2 bridgehead atoms. The summed E-state index contributed by atoms with van der Waals surface area (Å²) in [4.78, 5) is 0. The first-order chi connectivity index (χ1) is 15.8.